The Morgan fingerprint density at radius 3 is 2.06 bits per heavy atom. The van der Waals surface area contributed by atoms with Gasteiger partial charge in [-0.3, -0.25) is 9.59 Å². The van der Waals surface area contributed by atoms with Gasteiger partial charge in [-0.15, -0.1) is 0 Å². The molecule has 0 aliphatic rings. The van der Waals surface area contributed by atoms with E-state index in [1.54, 1.807) is 11.8 Å². The van der Waals surface area contributed by atoms with Gasteiger partial charge in [-0.05, 0) is 65.7 Å². The fraction of sp³-hybridized carbons (Fsp3) is 0.679. The van der Waals surface area contributed by atoms with Crippen molar-refractivity contribution in [3.63, 3.8) is 0 Å². The Kier molecular flexibility index (Phi) is 16.6. The van der Waals surface area contributed by atoms with Gasteiger partial charge in [0.15, 0.2) is 0 Å². The number of carbonyl (C=O) groups excluding carboxylic acids is 3. The van der Waals surface area contributed by atoms with Crippen molar-refractivity contribution in [2.24, 2.45) is 5.41 Å². The van der Waals surface area contributed by atoms with Crippen LogP contribution in [0.3, 0.4) is 0 Å². The lowest BCUT2D eigenvalue weighted by molar-refractivity contribution is -0.131. The minimum atomic E-state index is -0.819. The van der Waals surface area contributed by atoms with Crippen LogP contribution in [-0.4, -0.2) is 41.7 Å². The Morgan fingerprint density at radius 1 is 0.912 bits per heavy atom. The Hall–Kier alpha value is -1.82. The number of carbonyl (C=O) groups is 3. The molecule has 2 unspecified atom stereocenters. The zero-order chi connectivity index (χ0) is 26.1. The van der Waals surface area contributed by atoms with E-state index in [-0.39, 0.29) is 29.7 Å². The van der Waals surface area contributed by atoms with Crippen LogP contribution in [0, 0.1) is 5.41 Å². The van der Waals surface area contributed by atoms with Crippen molar-refractivity contribution in [1.29, 1.82) is 0 Å². The van der Waals surface area contributed by atoms with Crippen molar-refractivity contribution < 1.29 is 14.4 Å². The van der Waals surface area contributed by atoms with Crippen LogP contribution >= 0.6 is 11.8 Å². The van der Waals surface area contributed by atoms with Gasteiger partial charge in [0, 0.05) is 30.4 Å². The number of allylic oxidation sites excluding steroid dienone is 5. The Labute approximate surface area is 212 Å². The number of hydrogen-bond acceptors (Lipinski definition) is 4. The number of hydrogen-bond donors (Lipinski definition) is 2. The molecule has 2 atom stereocenters. The maximum absolute atomic E-state index is 12.5. The highest BCUT2D eigenvalue weighted by molar-refractivity contribution is 7.99. The second-order valence-corrected chi connectivity index (χ2v) is 11.7. The van der Waals surface area contributed by atoms with E-state index >= 15 is 0 Å². The monoisotopic (exact) mass is 492 g/mol. The fourth-order valence-electron chi connectivity index (χ4n) is 3.22. The molecule has 0 aromatic heterocycles. The van der Waals surface area contributed by atoms with Gasteiger partial charge in [-0.1, -0.05) is 55.7 Å². The summed E-state index contributed by atoms with van der Waals surface area (Å²) in [5.74, 6) is 1.15. The third kappa shape index (κ3) is 18.6. The number of amides is 2. The van der Waals surface area contributed by atoms with E-state index in [0.29, 0.717) is 12.7 Å². The first kappa shape index (κ1) is 32.2. The maximum Gasteiger partial charge on any atom is 0.243 e. The fourth-order valence-corrected chi connectivity index (χ4v) is 4.20. The van der Waals surface area contributed by atoms with Crippen LogP contribution in [0.5, 0.6) is 0 Å². The summed E-state index contributed by atoms with van der Waals surface area (Å²) < 4.78 is 0. The molecule has 34 heavy (non-hydrogen) atoms. The Morgan fingerprint density at radius 2 is 1.50 bits per heavy atom. The number of thioether (sulfide) groups is 1. The van der Waals surface area contributed by atoms with E-state index in [9.17, 15) is 14.4 Å². The third-order valence-corrected chi connectivity index (χ3v) is 6.24. The van der Waals surface area contributed by atoms with E-state index in [1.807, 2.05) is 27.7 Å². The average molecular weight is 493 g/mol. The van der Waals surface area contributed by atoms with Crippen molar-refractivity contribution in [1.82, 2.24) is 10.6 Å². The zero-order valence-corrected chi connectivity index (χ0v) is 23.6. The van der Waals surface area contributed by atoms with Crippen molar-refractivity contribution in [2.45, 2.75) is 106 Å². The lowest BCUT2D eigenvalue weighted by atomic mass is 9.92. The highest BCUT2D eigenvalue weighted by Crippen LogP contribution is 2.18. The van der Waals surface area contributed by atoms with Gasteiger partial charge in [0.1, 0.15) is 12.3 Å². The van der Waals surface area contributed by atoms with Gasteiger partial charge in [0.05, 0.1) is 0 Å². The normalized spacial score (nSPS) is 14.2. The Bertz CT molecular complexity index is 728. The van der Waals surface area contributed by atoms with Crippen molar-refractivity contribution in [2.75, 3.05) is 11.5 Å². The summed E-state index contributed by atoms with van der Waals surface area (Å²) in [7, 11) is 0. The summed E-state index contributed by atoms with van der Waals surface area (Å²) in [5, 5.41) is 5.62. The number of nitrogens with one attached hydrogen (secondary N) is 2. The topological polar surface area (TPSA) is 75.3 Å². The van der Waals surface area contributed by atoms with Gasteiger partial charge in [0.25, 0.3) is 0 Å². The molecular formula is C28H48N2O3S. The smallest absolute Gasteiger partial charge is 0.243 e. The summed E-state index contributed by atoms with van der Waals surface area (Å²) >= 11 is 1.76. The molecular weight excluding hydrogens is 444 g/mol. The lowest BCUT2D eigenvalue weighted by Gasteiger charge is -2.22. The molecule has 0 aliphatic heterocycles. The third-order valence-electron chi connectivity index (χ3n) is 5.10. The van der Waals surface area contributed by atoms with Gasteiger partial charge in [-0.25, -0.2) is 0 Å². The average Bonchev–Trinajstić information content (AvgIpc) is 2.69. The molecule has 0 rings (SSSR count). The maximum atomic E-state index is 12.5. The quantitative estimate of drug-likeness (QED) is 0.154. The molecule has 194 valence electrons. The summed E-state index contributed by atoms with van der Waals surface area (Å²) in [6, 6.07) is -0.869. The van der Waals surface area contributed by atoms with Crippen LogP contribution in [0.15, 0.2) is 34.9 Å². The predicted molar refractivity (Wildman–Crippen MR) is 147 cm³/mol. The van der Waals surface area contributed by atoms with Crippen LogP contribution < -0.4 is 10.6 Å². The van der Waals surface area contributed by atoms with E-state index < -0.39 is 6.04 Å². The highest BCUT2D eigenvalue weighted by Gasteiger charge is 2.24. The standard InChI is InChI=1S/C28H48N2O3S/c1-21(2)11-9-12-22(3)13-10-14-23(4)16-18-34-20-24(5)29-27(33)25(15-17-31)30-26(32)19-28(6,7)8/h11,13,16-17,24-25H,9-10,12,14-15,18-20H2,1-8H3,(H,29,33)(H,30,32)/b22-13+,23-16+. The molecule has 0 spiro atoms. The van der Waals surface area contributed by atoms with E-state index in [4.69, 9.17) is 0 Å². The molecule has 0 aliphatic carbocycles. The highest BCUT2D eigenvalue weighted by atomic mass is 32.2. The van der Waals surface area contributed by atoms with Gasteiger partial charge < -0.3 is 15.4 Å². The molecule has 0 aromatic carbocycles. The first-order valence-electron chi connectivity index (χ1n) is 12.4. The van der Waals surface area contributed by atoms with Gasteiger partial charge >= 0.3 is 0 Å². The number of rotatable bonds is 16. The zero-order valence-electron chi connectivity index (χ0n) is 22.8. The van der Waals surface area contributed by atoms with Crippen molar-refractivity contribution >= 4 is 29.9 Å². The van der Waals surface area contributed by atoms with E-state index in [0.717, 1.165) is 37.2 Å². The molecule has 0 radical (unpaired) electrons. The molecule has 0 heterocycles. The summed E-state index contributed by atoms with van der Waals surface area (Å²) in [6.45, 7) is 16.5. The molecule has 0 fully saturated rings. The molecule has 2 N–H and O–H groups in total. The largest absolute Gasteiger partial charge is 0.351 e. The van der Waals surface area contributed by atoms with Crippen molar-refractivity contribution in [3.8, 4) is 0 Å². The van der Waals surface area contributed by atoms with E-state index in [1.165, 1.54) is 16.7 Å². The first-order chi connectivity index (χ1) is 15.8. The lowest BCUT2D eigenvalue weighted by Crippen LogP contribution is -2.50. The summed E-state index contributed by atoms with van der Waals surface area (Å²) in [6.07, 6.45) is 12.2. The minimum Gasteiger partial charge on any atom is -0.351 e. The van der Waals surface area contributed by atoms with Gasteiger partial charge in [0.2, 0.25) is 11.8 Å². The van der Waals surface area contributed by atoms with Crippen LogP contribution in [0.2, 0.25) is 0 Å². The van der Waals surface area contributed by atoms with Crippen LogP contribution in [0.4, 0.5) is 0 Å². The molecule has 0 bridgehead atoms. The number of aldehydes is 1. The molecule has 0 aromatic rings. The molecule has 5 nitrogen and oxygen atoms in total. The SMILES string of the molecule is CC(C)=CCC/C(C)=C/CC/C(C)=C/CSCC(C)NC(=O)C(CC=O)NC(=O)CC(C)(C)C. The minimum absolute atomic E-state index is 0.0215. The van der Waals surface area contributed by atoms with Crippen LogP contribution in [0.1, 0.15) is 93.9 Å². The molecule has 2 amide bonds. The Balaban J connectivity index is 4.35. The summed E-state index contributed by atoms with van der Waals surface area (Å²) in [4.78, 5) is 35.7. The molecule has 0 saturated carbocycles. The van der Waals surface area contributed by atoms with Crippen molar-refractivity contribution in [3.05, 3.63) is 34.9 Å². The van der Waals surface area contributed by atoms with Crippen LogP contribution in [-0.2, 0) is 14.4 Å². The molecule has 0 saturated heterocycles. The van der Waals surface area contributed by atoms with E-state index in [2.05, 4.69) is 56.6 Å². The second kappa shape index (κ2) is 17.6. The molecule has 6 heteroatoms. The second-order valence-electron chi connectivity index (χ2n) is 10.7. The predicted octanol–water partition coefficient (Wildman–Crippen LogP) is 6.15. The van der Waals surface area contributed by atoms with Gasteiger partial charge in [-0.2, -0.15) is 11.8 Å². The van der Waals surface area contributed by atoms with Crippen LogP contribution in [0.25, 0.3) is 0 Å². The summed E-state index contributed by atoms with van der Waals surface area (Å²) in [5.41, 5.74) is 4.03. The first-order valence-corrected chi connectivity index (χ1v) is 13.5.